The van der Waals surface area contributed by atoms with Gasteiger partial charge < -0.3 is 5.32 Å². The predicted molar refractivity (Wildman–Crippen MR) is 76.3 cm³/mol. The first-order chi connectivity index (χ1) is 9.52. The molecule has 20 heavy (non-hydrogen) atoms. The average molecular weight is 342 g/mol. The van der Waals surface area contributed by atoms with Crippen LogP contribution < -0.4 is 5.32 Å². The van der Waals surface area contributed by atoms with Gasteiger partial charge in [-0.1, -0.05) is 0 Å². The molecule has 1 unspecified atom stereocenters. The molecule has 0 spiro atoms. The maximum Gasteiger partial charge on any atom is 0.143 e. The van der Waals surface area contributed by atoms with Gasteiger partial charge in [-0.2, -0.15) is 0 Å². The van der Waals surface area contributed by atoms with Crippen molar-refractivity contribution in [2.24, 2.45) is 0 Å². The first-order valence-corrected chi connectivity index (χ1v) is 6.90. The number of likely N-dealkylation sites (N-methyl/N-ethyl adjacent to an activating group) is 1. The number of hydrogen-bond acceptors (Lipinski definition) is 3. The molecule has 1 atom stereocenters. The van der Waals surface area contributed by atoms with Crippen LogP contribution in [0, 0.1) is 18.6 Å². The van der Waals surface area contributed by atoms with Crippen molar-refractivity contribution >= 4 is 15.9 Å². The second-order valence-corrected chi connectivity index (χ2v) is 5.30. The van der Waals surface area contributed by atoms with Gasteiger partial charge in [-0.15, -0.1) is 0 Å². The Morgan fingerprint density at radius 3 is 2.60 bits per heavy atom. The maximum atomic E-state index is 14.0. The van der Waals surface area contributed by atoms with E-state index in [2.05, 4.69) is 31.2 Å². The zero-order valence-electron chi connectivity index (χ0n) is 11.1. The molecule has 0 saturated heterocycles. The Labute approximate surface area is 124 Å². The molecule has 1 N–H and O–H groups in total. The Morgan fingerprint density at radius 2 is 2.00 bits per heavy atom. The Bertz CT molecular complexity index is 602. The molecule has 0 bridgehead atoms. The average Bonchev–Trinajstić information content (AvgIpc) is 2.45. The van der Waals surface area contributed by atoms with Crippen LogP contribution in [0.5, 0.6) is 0 Å². The molecule has 1 heterocycles. The van der Waals surface area contributed by atoms with Gasteiger partial charge in [-0.3, -0.25) is 9.97 Å². The van der Waals surface area contributed by atoms with Gasteiger partial charge in [0.25, 0.3) is 0 Å². The van der Waals surface area contributed by atoms with Crippen LogP contribution in [0.3, 0.4) is 0 Å². The van der Waals surface area contributed by atoms with Crippen LogP contribution in [-0.2, 0) is 6.42 Å². The highest BCUT2D eigenvalue weighted by Gasteiger charge is 2.19. The summed E-state index contributed by atoms with van der Waals surface area (Å²) in [5, 5.41) is 3.01. The highest BCUT2D eigenvalue weighted by atomic mass is 79.9. The number of aromatic nitrogens is 2. The largest absolute Gasteiger partial charge is 0.311 e. The van der Waals surface area contributed by atoms with Crippen LogP contribution in [0.15, 0.2) is 29.0 Å². The van der Waals surface area contributed by atoms with Crippen molar-refractivity contribution in [2.75, 3.05) is 7.05 Å². The third kappa shape index (κ3) is 3.19. The lowest BCUT2D eigenvalue weighted by Crippen LogP contribution is -2.21. The van der Waals surface area contributed by atoms with Crippen molar-refractivity contribution in [3.8, 4) is 0 Å². The van der Waals surface area contributed by atoms with Gasteiger partial charge in [0.15, 0.2) is 0 Å². The number of hydrogen-bond donors (Lipinski definition) is 1. The molecule has 0 radical (unpaired) electrons. The molecule has 6 heteroatoms. The summed E-state index contributed by atoms with van der Waals surface area (Å²) in [4.78, 5) is 8.40. The topological polar surface area (TPSA) is 37.8 Å². The fourth-order valence-electron chi connectivity index (χ4n) is 1.90. The smallest absolute Gasteiger partial charge is 0.143 e. The molecular formula is C14H14BrF2N3. The quantitative estimate of drug-likeness (QED) is 0.867. The molecule has 1 aromatic heterocycles. The second kappa shape index (κ2) is 6.37. The fourth-order valence-corrected chi connectivity index (χ4v) is 2.27. The van der Waals surface area contributed by atoms with Crippen LogP contribution in [0.4, 0.5) is 8.78 Å². The van der Waals surface area contributed by atoms with Crippen LogP contribution in [0.1, 0.15) is 23.0 Å². The van der Waals surface area contributed by atoms with Gasteiger partial charge in [-0.05, 0) is 48.5 Å². The molecule has 2 rings (SSSR count). The minimum atomic E-state index is -0.578. The van der Waals surface area contributed by atoms with Gasteiger partial charge in [-0.25, -0.2) is 8.78 Å². The molecule has 0 aliphatic rings. The summed E-state index contributed by atoms with van der Waals surface area (Å²) in [5.41, 5.74) is 1.47. The lowest BCUT2D eigenvalue weighted by atomic mass is 10.0. The minimum Gasteiger partial charge on any atom is -0.311 e. The summed E-state index contributed by atoms with van der Waals surface area (Å²) < 4.78 is 28.0. The number of aryl methyl sites for hydroxylation is 1. The number of nitrogens with zero attached hydrogens (tertiary/aromatic N) is 2. The van der Waals surface area contributed by atoms with E-state index in [0.717, 1.165) is 5.69 Å². The molecule has 0 amide bonds. The maximum absolute atomic E-state index is 14.0. The van der Waals surface area contributed by atoms with Crippen molar-refractivity contribution < 1.29 is 8.78 Å². The highest BCUT2D eigenvalue weighted by molar-refractivity contribution is 9.10. The summed E-state index contributed by atoms with van der Waals surface area (Å²) in [5.74, 6) is -1.14. The van der Waals surface area contributed by atoms with E-state index in [9.17, 15) is 8.78 Å². The Kier molecular flexibility index (Phi) is 4.77. The van der Waals surface area contributed by atoms with E-state index < -0.39 is 11.6 Å². The molecule has 0 aliphatic heterocycles. The number of halogens is 3. The standard InChI is InChI=1S/C14H14BrF2N3/c1-8-6-20-13(7-19-8)12(18-2)5-9-11(16)4-3-10(15)14(9)17/h3-4,6-7,12,18H,5H2,1-2H3. The Morgan fingerprint density at radius 1 is 1.25 bits per heavy atom. The molecule has 0 saturated carbocycles. The van der Waals surface area contributed by atoms with Crippen LogP contribution >= 0.6 is 15.9 Å². The van der Waals surface area contributed by atoms with Crippen molar-refractivity contribution in [1.29, 1.82) is 0 Å². The normalized spacial score (nSPS) is 12.4. The number of nitrogens with one attached hydrogen (secondary N) is 1. The lowest BCUT2D eigenvalue weighted by molar-refractivity contribution is 0.506. The molecule has 2 aromatic rings. The molecule has 0 aliphatic carbocycles. The van der Waals surface area contributed by atoms with E-state index in [-0.39, 0.29) is 22.5 Å². The molecule has 1 aromatic carbocycles. The number of rotatable bonds is 4. The first kappa shape index (κ1) is 15.0. The van der Waals surface area contributed by atoms with Crippen molar-refractivity contribution in [3.63, 3.8) is 0 Å². The monoisotopic (exact) mass is 341 g/mol. The molecule has 0 fully saturated rings. The first-order valence-electron chi connectivity index (χ1n) is 6.11. The zero-order chi connectivity index (χ0) is 14.7. The molecular weight excluding hydrogens is 328 g/mol. The second-order valence-electron chi connectivity index (χ2n) is 4.45. The van der Waals surface area contributed by atoms with E-state index in [1.54, 1.807) is 19.4 Å². The lowest BCUT2D eigenvalue weighted by Gasteiger charge is -2.16. The third-order valence-electron chi connectivity index (χ3n) is 3.05. The molecule has 3 nitrogen and oxygen atoms in total. The van der Waals surface area contributed by atoms with E-state index in [1.165, 1.54) is 12.1 Å². The van der Waals surface area contributed by atoms with E-state index in [4.69, 9.17) is 0 Å². The van der Waals surface area contributed by atoms with E-state index >= 15 is 0 Å². The van der Waals surface area contributed by atoms with Crippen molar-refractivity contribution in [3.05, 3.63) is 57.6 Å². The van der Waals surface area contributed by atoms with E-state index in [0.29, 0.717) is 5.69 Å². The number of benzene rings is 1. The zero-order valence-corrected chi connectivity index (χ0v) is 12.7. The van der Waals surface area contributed by atoms with Gasteiger partial charge >= 0.3 is 0 Å². The Hall–Kier alpha value is -1.40. The minimum absolute atomic E-state index is 0.0288. The van der Waals surface area contributed by atoms with Gasteiger partial charge in [0.2, 0.25) is 0 Å². The van der Waals surface area contributed by atoms with Gasteiger partial charge in [0.05, 0.1) is 28.1 Å². The van der Waals surface area contributed by atoms with Crippen LogP contribution in [-0.4, -0.2) is 17.0 Å². The van der Waals surface area contributed by atoms with Gasteiger partial charge in [0.1, 0.15) is 11.6 Å². The summed E-state index contributed by atoms with van der Waals surface area (Å²) in [7, 11) is 1.72. The van der Waals surface area contributed by atoms with Crippen molar-refractivity contribution in [2.45, 2.75) is 19.4 Å². The van der Waals surface area contributed by atoms with Crippen molar-refractivity contribution in [1.82, 2.24) is 15.3 Å². The summed E-state index contributed by atoms with van der Waals surface area (Å²) in [6.07, 6.45) is 3.41. The fraction of sp³-hybridized carbons (Fsp3) is 0.286. The Balaban J connectivity index is 2.31. The summed E-state index contributed by atoms with van der Waals surface area (Å²) in [6, 6.07) is 2.30. The third-order valence-corrected chi connectivity index (χ3v) is 3.67. The SMILES string of the molecule is CNC(Cc1c(F)ccc(Br)c1F)c1cnc(C)cn1. The summed E-state index contributed by atoms with van der Waals surface area (Å²) in [6.45, 7) is 1.83. The molecule has 106 valence electrons. The van der Waals surface area contributed by atoms with Crippen LogP contribution in [0.2, 0.25) is 0 Å². The van der Waals surface area contributed by atoms with Crippen LogP contribution in [0.25, 0.3) is 0 Å². The summed E-state index contributed by atoms with van der Waals surface area (Å²) >= 11 is 3.07. The highest BCUT2D eigenvalue weighted by Crippen LogP contribution is 2.25. The van der Waals surface area contributed by atoms with E-state index in [1.807, 2.05) is 6.92 Å². The van der Waals surface area contributed by atoms with Gasteiger partial charge in [0, 0.05) is 11.8 Å². The predicted octanol–water partition coefficient (Wildman–Crippen LogP) is 3.33.